The number of rotatable bonds is 3. The summed E-state index contributed by atoms with van der Waals surface area (Å²) < 4.78 is 20.0. The molecule has 1 rings (SSSR count). The summed E-state index contributed by atoms with van der Waals surface area (Å²) in [7, 11) is 0. The molecule has 60 valence electrons. The van der Waals surface area contributed by atoms with Crippen LogP contribution < -0.4 is 0 Å². The Morgan fingerprint density at radius 2 is 2.50 bits per heavy atom. The summed E-state index contributed by atoms with van der Waals surface area (Å²) in [4.78, 5) is 0. The van der Waals surface area contributed by atoms with E-state index < -0.39 is 11.4 Å². The summed E-state index contributed by atoms with van der Waals surface area (Å²) in [5.41, 5.74) is 0. The second-order valence-electron chi connectivity index (χ2n) is 2.04. The lowest BCUT2D eigenvalue weighted by Crippen LogP contribution is -2.08. The van der Waals surface area contributed by atoms with Crippen molar-refractivity contribution in [2.45, 2.75) is 18.9 Å². The van der Waals surface area contributed by atoms with E-state index in [0.29, 0.717) is 12.5 Å². The van der Waals surface area contributed by atoms with Gasteiger partial charge in [0.25, 0.3) is 0 Å². The van der Waals surface area contributed by atoms with Gasteiger partial charge in [-0.15, -0.1) is 11.6 Å². The third kappa shape index (κ3) is 2.54. The van der Waals surface area contributed by atoms with Crippen LogP contribution in [0.2, 0.25) is 0 Å². The van der Waals surface area contributed by atoms with Crippen LogP contribution in [-0.4, -0.2) is 22.8 Å². The smallest absolute Gasteiger partial charge is 0.266 e. The Kier molecular flexibility index (Phi) is 3.62. The molecule has 0 bridgehead atoms. The second-order valence-corrected chi connectivity index (χ2v) is 3.25. The van der Waals surface area contributed by atoms with E-state index in [1.54, 1.807) is 0 Å². The molecule has 0 spiro atoms. The molecule has 0 N–H and O–H groups in total. The summed E-state index contributed by atoms with van der Waals surface area (Å²) in [6, 6.07) is 0. The maximum atomic E-state index is 10.5. The van der Waals surface area contributed by atoms with Crippen molar-refractivity contribution in [3.8, 4) is 0 Å². The lowest BCUT2D eigenvalue weighted by atomic mass is 10.2. The van der Waals surface area contributed by atoms with Gasteiger partial charge in [0.2, 0.25) is 0 Å². The Bertz CT molecular complexity index is 130. The van der Waals surface area contributed by atoms with Crippen LogP contribution in [-0.2, 0) is 19.7 Å². The maximum absolute atomic E-state index is 10.5. The Morgan fingerprint density at radius 3 is 3.00 bits per heavy atom. The van der Waals surface area contributed by atoms with E-state index in [4.69, 9.17) is 15.8 Å². The van der Waals surface area contributed by atoms with Gasteiger partial charge in [0, 0.05) is 5.88 Å². The van der Waals surface area contributed by atoms with Crippen molar-refractivity contribution >= 4 is 23.0 Å². The summed E-state index contributed by atoms with van der Waals surface area (Å²) >= 11 is 3.94. The summed E-state index contributed by atoms with van der Waals surface area (Å²) in [5.74, 6) is 0.618. The van der Waals surface area contributed by atoms with Crippen LogP contribution in [0.5, 0.6) is 0 Å². The molecule has 1 aliphatic heterocycles. The number of hydrogen-bond donors (Lipinski definition) is 0. The number of hydrogen-bond acceptors (Lipinski definition) is 3. The topological polar surface area (TPSA) is 35.5 Å². The summed E-state index contributed by atoms with van der Waals surface area (Å²) in [6.07, 6.45) is 1.70. The Balaban J connectivity index is 2.12. The number of halogens is 1. The number of alkyl halides is 1. The van der Waals surface area contributed by atoms with Gasteiger partial charge in [0.15, 0.2) is 0 Å². The Hall–Kier alpha value is 0.360. The van der Waals surface area contributed by atoms with Crippen LogP contribution in [0.3, 0.4) is 0 Å². The molecular formula is C5H9ClO3S. The minimum absolute atomic E-state index is 0.0143. The molecule has 1 fully saturated rings. The first-order valence-corrected chi connectivity index (χ1v) is 4.64. The highest BCUT2D eigenvalue weighted by atomic mass is 35.5. The predicted molar refractivity (Wildman–Crippen MR) is 38.9 cm³/mol. The first kappa shape index (κ1) is 8.46. The molecule has 2 unspecified atom stereocenters. The van der Waals surface area contributed by atoms with Crippen LogP contribution in [0.15, 0.2) is 0 Å². The molecule has 5 heteroatoms. The minimum Gasteiger partial charge on any atom is -0.266 e. The molecule has 1 saturated heterocycles. The molecule has 0 aromatic rings. The molecule has 0 aromatic carbocycles. The Morgan fingerprint density at radius 1 is 1.70 bits per heavy atom. The lowest BCUT2D eigenvalue weighted by Gasteiger charge is -2.01. The van der Waals surface area contributed by atoms with Crippen molar-refractivity contribution in [3.63, 3.8) is 0 Å². The molecule has 1 aliphatic rings. The highest BCUT2D eigenvalue weighted by Crippen LogP contribution is 2.13. The highest BCUT2D eigenvalue weighted by Gasteiger charge is 2.22. The van der Waals surface area contributed by atoms with Gasteiger partial charge < -0.3 is 0 Å². The normalized spacial score (nSPS) is 32.9. The molecule has 10 heavy (non-hydrogen) atoms. The van der Waals surface area contributed by atoms with Crippen molar-refractivity contribution in [3.05, 3.63) is 0 Å². The first-order valence-electron chi connectivity index (χ1n) is 3.11. The monoisotopic (exact) mass is 184 g/mol. The third-order valence-electron chi connectivity index (χ3n) is 1.22. The van der Waals surface area contributed by atoms with Crippen molar-refractivity contribution < 1.29 is 12.6 Å². The van der Waals surface area contributed by atoms with E-state index in [0.717, 1.165) is 12.8 Å². The molecule has 3 nitrogen and oxygen atoms in total. The van der Waals surface area contributed by atoms with Gasteiger partial charge >= 0.3 is 11.4 Å². The van der Waals surface area contributed by atoms with Crippen LogP contribution >= 0.6 is 11.6 Å². The van der Waals surface area contributed by atoms with E-state index in [1.165, 1.54) is 0 Å². The van der Waals surface area contributed by atoms with Gasteiger partial charge in [0.1, 0.15) is 6.10 Å². The van der Waals surface area contributed by atoms with Crippen molar-refractivity contribution in [2.24, 2.45) is 0 Å². The lowest BCUT2D eigenvalue weighted by molar-refractivity contribution is 0.226. The van der Waals surface area contributed by atoms with E-state index in [2.05, 4.69) is 4.18 Å². The van der Waals surface area contributed by atoms with Crippen LogP contribution in [0, 0.1) is 0 Å². The minimum atomic E-state index is -1.50. The molecule has 2 atom stereocenters. The van der Waals surface area contributed by atoms with Crippen molar-refractivity contribution in [2.75, 3.05) is 12.5 Å². The van der Waals surface area contributed by atoms with Crippen LogP contribution in [0.4, 0.5) is 0 Å². The zero-order chi connectivity index (χ0) is 7.40. The van der Waals surface area contributed by atoms with Gasteiger partial charge in [-0.25, -0.2) is 0 Å². The highest BCUT2D eigenvalue weighted by molar-refractivity contribution is 7.75. The summed E-state index contributed by atoms with van der Waals surface area (Å²) in [5, 5.41) is 0. The summed E-state index contributed by atoms with van der Waals surface area (Å²) in [6.45, 7) is 0.434. The van der Waals surface area contributed by atoms with Crippen LogP contribution in [0.25, 0.3) is 0 Å². The van der Waals surface area contributed by atoms with Gasteiger partial charge in [-0.2, -0.15) is 4.21 Å². The zero-order valence-corrected chi connectivity index (χ0v) is 6.99. The predicted octanol–water partition coefficient (Wildman–Crippen LogP) is 1.000. The van der Waals surface area contributed by atoms with Crippen molar-refractivity contribution in [1.82, 2.24) is 0 Å². The van der Waals surface area contributed by atoms with Crippen LogP contribution in [0.1, 0.15) is 12.8 Å². The largest absolute Gasteiger partial charge is 0.305 e. The third-order valence-corrected chi connectivity index (χ3v) is 2.25. The molecule has 0 aliphatic carbocycles. The van der Waals surface area contributed by atoms with Gasteiger partial charge in [-0.1, -0.05) is 0 Å². The SMILES string of the molecule is O=S1OCC(CCCCl)O1. The molecular weight excluding hydrogens is 176 g/mol. The van der Waals surface area contributed by atoms with E-state index in [9.17, 15) is 4.21 Å². The average molecular weight is 185 g/mol. The molecule has 0 aromatic heterocycles. The van der Waals surface area contributed by atoms with E-state index in [-0.39, 0.29) is 6.10 Å². The second kappa shape index (κ2) is 4.28. The zero-order valence-electron chi connectivity index (χ0n) is 5.42. The van der Waals surface area contributed by atoms with Crippen molar-refractivity contribution in [1.29, 1.82) is 0 Å². The van der Waals surface area contributed by atoms with E-state index in [1.807, 2.05) is 0 Å². The van der Waals surface area contributed by atoms with Gasteiger partial charge in [-0.3, -0.25) is 8.37 Å². The average Bonchev–Trinajstić information content (AvgIpc) is 2.31. The fourth-order valence-corrected chi connectivity index (χ4v) is 1.58. The fourth-order valence-electron chi connectivity index (χ4n) is 0.734. The standard InChI is InChI=1S/C5H9ClO3S/c6-3-1-2-5-4-8-10(7)9-5/h5H,1-4H2. The van der Waals surface area contributed by atoms with Gasteiger partial charge in [-0.05, 0) is 12.8 Å². The van der Waals surface area contributed by atoms with E-state index >= 15 is 0 Å². The fraction of sp³-hybridized carbons (Fsp3) is 1.00. The molecule has 0 saturated carbocycles. The molecule has 0 radical (unpaired) electrons. The molecule has 1 heterocycles. The Labute approximate surface area is 67.5 Å². The van der Waals surface area contributed by atoms with Gasteiger partial charge in [0.05, 0.1) is 6.61 Å². The quantitative estimate of drug-likeness (QED) is 0.614. The molecule has 0 amide bonds. The maximum Gasteiger partial charge on any atom is 0.305 e. The first-order chi connectivity index (χ1) is 4.83.